The molecule has 1 fully saturated rings. The van der Waals surface area contributed by atoms with Crippen LogP contribution in [0.2, 0.25) is 0 Å². The summed E-state index contributed by atoms with van der Waals surface area (Å²) in [7, 11) is 3.29. The molecule has 28 heavy (non-hydrogen) atoms. The number of hydrogen-bond donors (Lipinski definition) is 0. The molecule has 0 N–H and O–H groups in total. The Balaban J connectivity index is 1.81. The molecule has 0 spiro atoms. The highest BCUT2D eigenvalue weighted by Crippen LogP contribution is 2.36. The molecule has 0 unspecified atom stereocenters. The van der Waals surface area contributed by atoms with Crippen LogP contribution in [0.1, 0.15) is 19.4 Å². The van der Waals surface area contributed by atoms with Crippen LogP contribution in [0.4, 0.5) is 5.95 Å². The number of benzene rings is 1. The van der Waals surface area contributed by atoms with Crippen LogP contribution >= 0.6 is 27.7 Å². The number of morpholine rings is 1. The fourth-order valence-corrected chi connectivity index (χ4v) is 4.64. The van der Waals surface area contributed by atoms with Gasteiger partial charge in [-0.3, -0.25) is 4.57 Å². The van der Waals surface area contributed by atoms with Crippen LogP contribution in [0.5, 0.6) is 11.5 Å². The summed E-state index contributed by atoms with van der Waals surface area (Å²) < 4.78 is 19.5. The molecule has 2 aromatic rings. The maximum atomic E-state index is 5.48. The zero-order chi connectivity index (χ0) is 20.1. The molecule has 7 nitrogen and oxygen atoms in total. The second-order valence-corrected chi connectivity index (χ2v) is 8.77. The summed E-state index contributed by atoms with van der Waals surface area (Å²) in [6.45, 7) is 8.47. The van der Waals surface area contributed by atoms with Crippen molar-refractivity contribution in [2.75, 3.05) is 45.4 Å². The van der Waals surface area contributed by atoms with Crippen LogP contribution in [0.3, 0.4) is 0 Å². The van der Waals surface area contributed by atoms with Gasteiger partial charge < -0.3 is 19.1 Å². The SMILES string of the molecule is COc1cc(Br)c(CSc2nnc(N3CCOCC3)n2CC(C)C)cc1OC. The smallest absolute Gasteiger partial charge is 0.228 e. The topological polar surface area (TPSA) is 61.6 Å². The molecule has 9 heteroatoms. The van der Waals surface area contributed by atoms with Gasteiger partial charge in [-0.2, -0.15) is 0 Å². The Bertz CT molecular complexity index is 794. The fourth-order valence-electron chi connectivity index (χ4n) is 3.06. The lowest BCUT2D eigenvalue weighted by Gasteiger charge is -2.28. The van der Waals surface area contributed by atoms with Crippen molar-refractivity contribution < 1.29 is 14.2 Å². The van der Waals surface area contributed by atoms with Gasteiger partial charge in [0.05, 0.1) is 27.4 Å². The second-order valence-electron chi connectivity index (χ2n) is 6.97. The van der Waals surface area contributed by atoms with Crippen LogP contribution in [0.15, 0.2) is 21.8 Å². The minimum atomic E-state index is 0.503. The van der Waals surface area contributed by atoms with E-state index in [0.29, 0.717) is 11.7 Å². The van der Waals surface area contributed by atoms with Gasteiger partial charge in [0.2, 0.25) is 5.95 Å². The molecular formula is C19H27BrN4O3S. The molecule has 2 heterocycles. The molecular weight excluding hydrogens is 444 g/mol. The average Bonchev–Trinajstić information content (AvgIpc) is 3.09. The van der Waals surface area contributed by atoms with E-state index in [9.17, 15) is 0 Å². The van der Waals surface area contributed by atoms with Crippen molar-refractivity contribution >= 4 is 33.6 Å². The van der Waals surface area contributed by atoms with Crippen LogP contribution in [0, 0.1) is 5.92 Å². The van der Waals surface area contributed by atoms with E-state index >= 15 is 0 Å². The number of rotatable bonds is 8. The Morgan fingerprint density at radius 2 is 1.82 bits per heavy atom. The van der Waals surface area contributed by atoms with E-state index in [-0.39, 0.29) is 0 Å². The molecule has 3 rings (SSSR count). The number of anilines is 1. The van der Waals surface area contributed by atoms with E-state index in [2.05, 4.69) is 49.4 Å². The molecule has 1 aliphatic rings. The number of halogens is 1. The lowest BCUT2D eigenvalue weighted by Crippen LogP contribution is -2.38. The molecule has 1 aromatic carbocycles. The first kappa shape index (κ1) is 21.3. The second kappa shape index (κ2) is 9.84. The molecule has 1 saturated heterocycles. The van der Waals surface area contributed by atoms with Gasteiger partial charge in [0.15, 0.2) is 16.7 Å². The number of nitrogens with zero attached hydrogens (tertiary/aromatic N) is 4. The Morgan fingerprint density at radius 3 is 2.46 bits per heavy atom. The molecule has 0 aliphatic carbocycles. The van der Waals surface area contributed by atoms with Crippen molar-refractivity contribution in [1.29, 1.82) is 0 Å². The monoisotopic (exact) mass is 470 g/mol. The van der Waals surface area contributed by atoms with E-state index in [1.54, 1.807) is 26.0 Å². The molecule has 0 saturated carbocycles. The number of methoxy groups -OCH3 is 2. The lowest BCUT2D eigenvalue weighted by atomic mass is 10.2. The summed E-state index contributed by atoms with van der Waals surface area (Å²) in [6, 6.07) is 3.94. The van der Waals surface area contributed by atoms with Gasteiger partial charge in [0.25, 0.3) is 0 Å². The third-order valence-corrected chi connectivity index (χ3v) is 6.20. The predicted molar refractivity (Wildman–Crippen MR) is 115 cm³/mol. The number of ether oxygens (including phenoxy) is 3. The number of thioether (sulfide) groups is 1. The van der Waals surface area contributed by atoms with Crippen molar-refractivity contribution in [2.24, 2.45) is 5.92 Å². The van der Waals surface area contributed by atoms with Crippen molar-refractivity contribution in [3.63, 3.8) is 0 Å². The molecule has 0 atom stereocenters. The van der Waals surface area contributed by atoms with E-state index in [4.69, 9.17) is 14.2 Å². The number of aromatic nitrogens is 3. The van der Waals surface area contributed by atoms with Crippen molar-refractivity contribution in [2.45, 2.75) is 31.3 Å². The summed E-state index contributed by atoms with van der Waals surface area (Å²) >= 11 is 5.32. The van der Waals surface area contributed by atoms with Crippen molar-refractivity contribution in [3.05, 3.63) is 22.2 Å². The standard InChI is InChI=1S/C19H27BrN4O3S/c1-13(2)11-24-18(23-5-7-27-8-6-23)21-22-19(24)28-12-14-9-16(25-3)17(26-4)10-15(14)20/h9-10,13H,5-8,11-12H2,1-4H3. The fraction of sp³-hybridized carbons (Fsp3) is 0.579. The molecule has 0 radical (unpaired) electrons. The predicted octanol–water partition coefficient (Wildman–Crippen LogP) is 3.84. The number of hydrogen-bond acceptors (Lipinski definition) is 7. The summed E-state index contributed by atoms with van der Waals surface area (Å²) in [4.78, 5) is 2.26. The molecule has 1 aromatic heterocycles. The Morgan fingerprint density at radius 1 is 1.14 bits per heavy atom. The highest BCUT2D eigenvalue weighted by molar-refractivity contribution is 9.10. The average molecular weight is 471 g/mol. The Labute approximate surface area is 178 Å². The first-order valence-corrected chi connectivity index (χ1v) is 11.1. The van der Waals surface area contributed by atoms with Crippen molar-refractivity contribution in [3.8, 4) is 11.5 Å². The third kappa shape index (κ3) is 4.93. The van der Waals surface area contributed by atoms with E-state index in [1.807, 2.05) is 12.1 Å². The third-order valence-electron chi connectivity index (χ3n) is 4.45. The van der Waals surface area contributed by atoms with E-state index in [0.717, 1.165) is 65.5 Å². The maximum absolute atomic E-state index is 5.48. The van der Waals surface area contributed by atoms with E-state index < -0.39 is 0 Å². The van der Waals surface area contributed by atoms with Gasteiger partial charge in [-0.1, -0.05) is 41.5 Å². The normalized spacial score (nSPS) is 14.6. The first-order valence-electron chi connectivity index (χ1n) is 9.32. The first-order chi connectivity index (χ1) is 13.5. The minimum Gasteiger partial charge on any atom is -0.493 e. The van der Waals surface area contributed by atoms with Crippen LogP contribution < -0.4 is 14.4 Å². The van der Waals surface area contributed by atoms with Gasteiger partial charge in [0, 0.05) is 29.9 Å². The summed E-state index contributed by atoms with van der Waals surface area (Å²) in [5, 5.41) is 9.91. The van der Waals surface area contributed by atoms with Crippen LogP contribution in [-0.4, -0.2) is 55.3 Å². The van der Waals surface area contributed by atoms with Gasteiger partial charge >= 0.3 is 0 Å². The zero-order valence-electron chi connectivity index (χ0n) is 16.8. The summed E-state index contributed by atoms with van der Waals surface area (Å²) in [5.74, 6) is 3.62. The summed E-state index contributed by atoms with van der Waals surface area (Å²) in [5.41, 5.74) is 1.12. The molecule has 1 aliphatic heterocycles. The lowest BCUT2D eigenvalue weighted by molar-refractivity contribution is 0.121. The van der Waals surface area contributed by atoms with Gasteiger partial charge in [-0.05, 0) is 23.6 Å². The highest BCUT2D eigenvalue weighted by atomic mass is 79.9. The van der Waals surface area contributed by atoms with Crippen LogP contribution in [-0.2, 0) is 17.0 Å². The summed E-state index contributed by atoms with van der Waals surface area (Å²) in [6.07, 6.45) is 0. The Hall–Kier alpha value is -1.45. The van der Waals surface area contributed by atoms with Gasteiger partial charge in [-0.15, -0.1) is 10.2 Å². The zero-order valence-corrected chi connectivity index (χ0v) is 19.2. The molecule has 0 amide bonds. The quantitative estimate of drug-likeness (QED) is 0.542. The van der Waals surface area contributed by atoms with Crippen LogP contribution in [0.25, 0.3) is 0 Å². The minimum absolute atomic E-state index is 0.503. The largest absolute Gasteiger partial charge is 0.493 e. The van der Waals surface area contributed by atoms with Gasteiger partial charge in [0.1, 0.15) is 0 Å². The highest BCUT2D eigenvalue weighted by Gasteiger charge is 2.21. The maximum Gasteiger partial charge on any atom is 0.228 e. The molecule has 154 valence electrons. The van der Waals surface area contributed by atoms with Crippen molar-refractivity contribution in [1.82, 2.24) is 14.8 Å². The molecule has 0 bridgehead atoms. The van der Waals surface area contributed by atoms with Gasteiger partial charge in [-0.25, -0.2) is 0 Å². The van der Waals surface area contributed by atoms with E-state index in [1.165, 1.54) is 0 Å². The Kier molecular flexibility index (Phi) is 7.48.